The van der Waals surface area contributed by atoms with Crippen molar-refractivity contribution < 1.29 is 9.53 Å². The van der Waals surface area contributed by atoms with Gasteiger partial charge in [0.15, 0.2) is 0 Å². The number of piperidine rings is 1. The number of nitrogens with one attached hydrogen (secondary N) is 3. The van der Waals surface area contributed by atoms with Gasteiger partial charge in [0.1, 0.15) is 17.4 Å². The lowest BCUT2D eigenvalue weighted by atomic mass is 10.1. The summed E-state index contributed by atoms with van der Waals surface area (Å²) in [4.78, 5) is 18.0. The Bertz CT molecular complexity index is 1110. The Kier molecular flexibility index (Phi) is 6.60. The second-order valence-corrected chi connectivity index (χ2v) is 9.17. The van der Waals surface area contributed by atoms with Crippen LogP contribution in [0.5, 0.6) is 5.75 Å². The number of aryl methyl sites for hydroxylation is 1. The molecule has 3 heterocycles. The van der Waals surface area contributed by atoms with Crippen molar-refractivity contribution >= 4 is 22.9 Å². The maximum Gasteiger partial charge on any atom is 0.257 e. The first kappa shape index (κ1) is 21.9. The molecule has 5 rings (SSSR count). The topological polar surface area (TPSA) is 80.2 Å². The SMILES string of the molecule is Cc1cccc(C(=O)Nc2nc3cccc(OC4CCNCC4)c3n2C2CCCCNC2)c1. The van der Waals surface area contributed by atoms with Gasteiger partial charge in [-0.1, -0.05) is 30.2 Å². The van der Waals surface area contributed by atoms with E-state index < -0.39 is 0 Å². The monoisotopic (exact) mass is 447 g/mol. The van der Waals surface area contributed by atoms with Gasteiger partial charge in [0, 0.05) is 18.2 Å². The van der Waals surface area contributed by atoms with Crippen molar-refractivity contribution in [2.45, 2.75) is 51.2 Å². The number of rotatable bonds is 5. The molecular weight excluding hydrogens is 414 g/mol. The molecule has 3 aromatic rings. The second kappa shape index (κ2) is 9.93. The molecule has 2 aliphatic rings. The molecule has 2 saturated heterocycles. The van der Waals surface area contributed by atoms with Gasteiger partial charge in [-0.15, -0.1) is 0 Å². The third-order valence-corrected chi connectivity index (χ3v) is 6.64. The third-order valence-electron chi connectivity index (χ3n) is 6.64. The molecule has 0 aliphatic carbocycles. The number of fused-ring (bicyclic) bond motifs is 1. The molecular formula is C26H33N5O2. The summed E-state index contributed by atoms with van der Waals surface area (Å²) in [6.45, 7) is 5.81. The van der Waals surface area contributed by atoms with Crippen molar-refractivity contribution in [3.05, 3.63) is 53.6 Å². The quantitative estimate of drug-likeness (QED) is 0.550. The van der Waals surface area contributed by atoms with Crippen LogP contribution in [0.15, 0.2) is 42.5 Å². The molecule has 7 nitrogen and oxygen atoms in total. The first-order valence-electron chi connectivity index (χ1n) is 12.2. The Hall–Kier alpha value is -2.90. The molecule has 0 saturated carbocycles. The second-order valence-electron chi connectivity index (χ2n) is 9.17. The molecule has 1 amide bonds. The third kappa shape index (κ3) is 4.89. The Morgan fingerprint density at radius 2 is 1.91 bits per heavy atom. The fourth-order valence-electron chi connectivity index (χ4n) is 4.93. The lowest BCUT2D eigenvalue weighted by molar-refractivity contribution is 0.102. The number of amides is 1. The summed E-state index contributed by atoms with van der Waals surface area (Å²) in [5, 5.41) is 10.1. The van der Waals surface area contributed by atoms with Gasteiger partial charge < -0.3 is 19.9 Å². The van der Waals surface area contributed by atoms with Crippen molar-refractivity contribution in [1.82, 2.24) is 20.2 Å². The summed E-state index contributed by atoms with van der Waals surface area (Å²) in [6, 6.07) is 13.9. The number of benzene rings is 2. The van der Waals surface area contributed by atoms with E-state index in [1.807, 2.05) is 49.4 Å². The van der Waals surface area contributed by atoms with E-state index in [-0.39, 0.29) is 18.1 Å². The van der Waals surface area contributed by atoms with Crippen LogP contribution >= 0.6 is 0 Å². The Morgan fingerprint density at radius 1 is 1.06 bits per heavy atom. The minimum atomic E-state index is -0.141. The summed E-state index contributed by atoms with van der Waals surface area (Å²) < 4.78 is 8.72. The largest absolute Gasteiger partial charge is 0.488 e. The number of imidazole rings is 1. The lowest BCUT2D eigenvalue weighted by Gasteiger charge is -2.26. The highest BCUT2D eigenvalue weighted by molar-refractivity contribution is 6.04. The first-order valence-corrected chi connectivity index (χ1v) is 12.2. The van der Waals surface area contributed by atoms with Gasteiger partial charge in [0.05, 0.1) is 5.52 Å². The van der Waals surface area contributed by atoms with Crippen LogP contribution in [-0.4, -0.2) is 47.7 Å². The zero-order chi connectivity index (χ0) is 22.6. The fourth-order valence-corrected chi connectivity index (χ4v) is 4.93. The van der Waals surface area contributed by atoms with E-state index in [0.717, 1.165) is 80.6 Å². The number of ether oxygens (including phenoxy) is 1. The van der Waals surface area contributed by atoms with Gasteiger partial charge in [-0.3, -0.25) is 10.1 Å². The minimum absolute atomic E-state index is 0.141. The molecule has 1 atom stereocenters. The van der Waals surface area contributed by atoms with E-state index in [4.69, 9.17) is 9.72 Å². The summed E-state index contributed by atoms with van der Waals surface area (Å²) in [5.74, 6) is 1.30. The number of carbonyl (C=O) groups is 1. The first-order chi connectivity index (χ1) is 16.2. The molecule has 2 fully saturated rings. The van der Waals surface area contributed by atoms with E-state index >= 15 is 0 Å². The van der Waals surface area contributed by atoms with E-state index in [0.29, 0.717) is 11.5 Å². The van der Waals surface area contributed by atoms with Gasteiger partial charge in [-0.25, -0.2) is 4.98 Å². The number of aromatic nitrogens is 2. The van der Waals surface area contributed by atoms with Crippen molar-refractivity contribution in [3.63, 3.8) is 0 Å². The normalized spacial score (nSPS) is 19.8. The highest BCUT2D eigenvalue weighted by Gasteiger charge is 2.25. The van der Waals surface area contributed by atoms with E-state index in [1.54, 1.807) is 0 Å². The van der Waals surface area contributed by atoms with Crippen LogP contribution in [0.1, 0.15) is 54.1 Å². The van der Waals surface area contributed by atoms with Crippen LogP contribution in [0.3, 0.4) is 0 Å². The molecule has 3 N–H and O–H groups in total. The van der Waals surface area contributed by atoms with Crippen molar-refractivity contribution in [2.75, 3.05) is 31.5 Å². The van der Waals surface area contributed by atoms with Crippen LogP contribution in [0.4, 0.5) is 5.95 Å². The van der Waals surface area contributed by atoms with E-state index in [9.17, 15) is 4.79 Å². The predicted molar refractivity (Wildman–Crippen MR) is 131 cm³/mol. The van der Waals surface area contributed by atoms with Gasteiger partial charge in [0.25, 0.3) is 5.91 Å². The Morgan fingerprint density at radius 3 is 2.76 bits per heavy atom. The molecule has 0 radical (unpaired) electrons. The molecule has 2 aliphatic heterocycles. The smallest absolute Gasteiger partial charge is 0.257 e. The molecule has 33 heavy (non-hydrogen) atoms. The van der Waals surface area contributed by atoms with E-state index in [1.165, 1.54) is 0 Å². The standard InChI is InChI=1S/C26H33N5O2/c1-18-6-4-7-19(16-18)25(32)30-26-29-22-9-5-10-23(33-21-11-14-27-15-12-21)24(22)31(26)20-8-2-3-13-28-17-20/h4-7,9-10,16,20-21,27-28H,2-3,8,11-15,17H2,1H3,(H,29,30,32). The Balaban J connectivity index is 1.55. The molecule has 1 aromatic heterocycles. The maximum atomic E-state index is 13.1. The van der Waals surface area contributed by atoms with E-state index in [2.05, 4.69) is 20.5 Å². The van der Waals surface area contributed by atoms with Gasteiger partial charge >= 0.3 is 0 Å². The zero-order valence-corrected chi connectivity index (χ0v) is 19.3. The van der Waals surface area contributed by atoms with Crippen molar-refractivity contribution in [2.24, 2.45) is 0 Å². The summed E-state index contributed by atoms with van der Waals surface area (Å²) in [6.07, 6.45) is 5.51. The number of anilines is 1. The summed E-state index contributed by atoms with van der Waals surface area (Å²) >= 11 is 0. The van der Waals surface area contributed by atoms with Crippen molar-refractivity contribution in [3.8, 4) is 5.75 Å². The summed E-state index contributed by atoms with van der Waals surface area (Å²) in [7, 11) is 0. The highest BCUT2D eigenvalue weighted by Crippen LogP contribution is 2.35. The van der Waals surface area contributed by atoms with Gasteiger partial charge in [-0.2, -0.15) is 0 Å². The molecule has 174 valence electrons. The number of nitrogens with zero attached hydrogens (tertiary/aromatic N) is 2. The Labute approximate surface area is 194 Å². The van der Waals surface area contributed by atoms with Crippen LogP contribution in [0.2, 0.25) is 0 Å². The highest BCUT2D eigenvalue weighted by atomic mass is 16.5. The minimum Gasteiger partial charge on any atom is -0.488 e. The number of hydrogen-bond acceptors (Lipinski definition) is 5. The fraction of sp³-hybridized carbons (Fsp3) is 0.462. The number of para-hydroxylation sites is 1. The zero-order valence-electron chi connectivity index (χ0n) is 19.3. The molecule has 0 spiro atoms. The van der Waals surface area contributed by atoms with Crippen LogP contribution in [-0.2, 0) is 0 Å². The molecule has 2 aromatic carbocycles. The summed E-state index contributed by atoms with van der Waals surface area (Å²) in [5.41, 5.74) is 3.52. The lowest BCUT2D eigenvalue weighted by Crippen LogP contribution is -2.34. The molecule has 0 bridgehead atoms. The van der Waals surface area contributed by atoms with Gasteiger partial charge in [0.2, 0.25) is 5.95 Å². The average molecular weight is 448 g/mol. The molecule has 7 heteroatoms. The van der Waals surface area contributed by atoms with Gasteiger partial charge in [-0.05, 0) is 76.5 Å². The number of carbonyl (C=O) groups excluding carboxylic acids is 1. The number of hydrogen-bond donors (Lipinski definition) is 3. The average Bonchev–Trinajstić information content (AvgIpc) is 2.99. The van der Waals surface area contributed by atoms with Crippen LogP contribution in [0.25, 0.3) is 11.0 Å². The van der Waals surface area contributed by atoms with Crippen molar-refractivity contribution in [1.29, 1.82) is 0 Å². The van der Waals surface area contributed by atoms with Crippen LogP contribution in [0, 0.1) is 6.92 Å². The maximum absolute atomic E-state index is 13.1. The predicted octanol–water partition coefficient (Wildman–Crippen LogP) is 4.04. The van der Waals surface area contributed by atoms with Crippen LogP contribution < -0.4 is 20.7 Å². The molecule has 1 unspecified atom stereocenters.